The number of hydrogen-bond acceptors (Lipinski definition) is 6. The van der Waals surface area contributed by atoms with Crippen LogP contribution in [0.3, 0.4) is 0 Å². The molecule has 8 heteroatoms. The number of alkyl carbamates (subject to hydrolysis) is 1. The van der Waals surface area contributed by atoms with Crippen molar-refractivity contribution in [2.45, 2.75) is 64.3 Å². The molecule has 36 heavy (non-hydrogen) atoms. The van der Waals surface area contributed by atoms with Gasteiger partial charge >= 0.3 is 12.1 Å². The van der Waals surface area contributed by atoms with Crippen molar-refractivity contribution in [3.63, 3.8) is 0 Å². The second kappa shape index (κ2) is 14.7. The fraction of sp³-hybridized carbons (Fsp3) is 0.393. The normalized spacial score (nSPS) is 13.0. The maximum atomic E-state index is 13.0. The number of ether oxygens (including phenoxy) is 2. The van der Waals surface area contributed by atoms with Crippen LogP contribution < -0.4 is 10.6 Å². The van der Waals surface area contributed by atoms with Crippen molar-refractivity contribution in [1.82, 2.24) is 10.6 Å². The van der Waals surface area contributed by atoms with Crippen molar-refractivity contribution >= 4 is 18.0 Å². The quantitative estimate of drug-likeness (QED) is 0.305. The number of rotatable bonds is 12. The zero-order valence-electron chi connectivity index (χ0n) is 21.1. The van der Waals surface area contributed by atoms with E-state index >= 15 is 0 Å². The average molecular weight is 497 g/mol. The van der Waals surface area contributed by atoms with Crippen molar-refractivity contribution in [3.05, 3.63) is 83.9 Å². The summed E-state index contributed by atoms with van der Waals surface area (Å²) >= 11 is 0. The maximum absolute atomic E-state index is 13.0. The average Bonchev–Trinajstić information content (AvgIpc) is 2.84. The van der Waals surface area contributed by atoms with Gasteiger partial charge < -0.3 is 25.2 Å². The summed E-state index contributed by atoms with van der Waals surface area (Å²) in [6, 6.07) is 17.2. The third kappa shape index (κ3) is 11.7. The summed E-state index contributed by atoms with van der Waals surface area (Å²) in [6.07, 6.45) is 3.26. The fourth-order valence-electron chi connectivity index (χ4n) is 3.23. The van der Waals surface area contributed by atoms with Gasteiger partial charge in [-0.3, -0.25) is 9.59 Å². The monoisotopic (exact) mass is 496 g/mol. The van der Waals surface area contributed by atoms with Gasteiger partial charge in [0.1, 0.15) is 18.2 Å². The molecule has 0 aliphatic heterocycles. The van der Waals surface area contributed by atoms with E-state index in [1.807, 2.05) is 60.7 Å². The van der Waals surface area contributed by atoms with Gasteiger partial charge in [0.15, 0.2) is 0 Å². The molecule has 0 radical (unpaired) electrons. The van der Waals surface area contributed by atoms with Gasteiger partial charge in [0.05, 0.1) is 12.6 Å². The molecule has 0 saturated carbocycles. The lowest BCUT2D eigenvalue weighted by atomic mass is 10.1. The molecular weight excluding hydrogens is 460 g/mol. The zero-order chi connectivity index (χ0) is 26.4. The molecule has 2 aromatic carbocycles. The number of aliphatic hydroxyl groups is 1. The Hall–Kier alpha value is -3.65. The van der Waals surface area contributed by atoms with Gasteiger partial charge in [0.2, 0.25) is 5.91 Å². The summed E-state index contributed by atoms with van der Waals surface area (Å²) in [5, 5.41) is 15.1. The Morgan fingerprint density at radius 1 is 0.944 bits per heavy atom. The molecule has 2 aromatic rings. The Morgan fingerprint density at radius 2 is 1.56 bits per heavy atom. The van der Waals surface area contributed by atoms with Crippen LogP contribution in [0, 0.1) is 0 Å². The smallest absolute Gasteiger partial charge is 0.408 e. The first-order valence-electron chi connectivity index (χ1n) is 12.0. The van der Waals surface area contributed by atoms with E-state index in [1.54, 1.807) is 26.8 Å². The summed E-state index contributed by atoms with van der Waals surface area (Å²) < 4.78 is 10.5. The van der Waals surface area contributed by atoms with Crippen molar-refractivity contribution in [2.24, 2.45) is 0 Å². The first kappa shape index (κ1) is 28.6. The molecule has 2 rings (SSSR count). The molecule has 0 bridgehead atoms. The molecule has 2 atom stereocenters. The van der Waals surface area contributed by atoms with Crippen LogP contribution in [-0.4, -0.2) is 47.4 Å². The SMILES string of the molecule is CC(C)(C)OC(=O)N[C@H](C=CCCC(=O)OCc1ccccc1)C(=O)N[C@H](CO)Cc1ccccc1. The predicted molar refractivity (Wildman–Crippen MR) is 137 cm³/mol. The predicted octanol–water partition coefficient (Wildman–Crippen LogP) is 3.68. The fourth-order valence-corrected chi connectivity index (χ4v) is 3.23. The van der Waals surface area contributed by atoms with Gasteiger partial charge in [-0.1, -0.05) is 72.8 Å². The standard InChI is InChI=1S/C28H36N2O6/c1-28(2,3)36-27(34)30-24(26(33)29-23(19-31)18-21-12-6-4-7-13-21)16-10-11-17-25(32)35-20-22-14-8-5-9-15-22/h4-10,12-16,23-24,31H,11,17-20H2,1-3H3,(H,29,33)(H,30,34)/t23-,24+/m0/s1. The lowest BCUT2D eigenvalue weighted by Crippen LogP contribution is -2.51. The number of benzene rings is 2. The summed E-state index contributed by atoms with van der Waals surface area (Å²) in [5.74, 6) is -0.869. The summed E-state index contributed by atoms with van der Waals surface area (Å²) in [4.78, 5) is 37.3. The van der Waals surface area contributed by atoms with E-state index in [0.717, 1.165) is 11.1 Å². The maximum Gasteiger partial charge on any atom is 0.408 e. The first-order valence-corrected chi connectivity index (χ1v) is 12.0. The molecule has 0 saturated heterocycles. The molecule has 0 aliphatic rings. The minimum absolute atomic E-state index is 0.122. The molecule has 8 nitrogen and oxygen atoms in total. The minimum Gasteiger partial charge on any atom is -0.461 e. The summed E-state index contributed by atoms with van der Waals surface area (Å²) in [6.45, 7) is 5.09. The van der Waals surface area contributed by atoms with Crippen molar-refractivity contribution in [2.75, 3.05) is 6.61 Å². The van der Waals surface area contributed by atoms with Crippen LogP contribution in [0.15, 0.2) is 72.8 Å². The van der Waals surface area contributed by atoms with Crippen LogP contribution in [0.4, 0.5) is 4.79 Å². The van der Waals surface area contributed by atoms with Gasteiger partial charge in [0, 0.05) is 6.42 Å². The van der Waals surface area contributed by atoms with Crippen molar-refractivity contribution in [3.8, 4) is 0 Å². The second-order valence-corrected chi connectivity index (χ2v) is 9.31. The highest BCUT2D eigenvalue weighted by Gasteiger charge is 2.24. The van der Waals surface area contributed by atoms with E-state index in [4.69, 9.17) is 9.47 Å². The van der Waals surface area contributed by atoms with E-state index in [1.165, 1.54) is 6.08 Å². The molecule has 0 fully saturated rings. The van der Waals surface area contributed by atoms with Gasteiger partial charge in [-0.2, -0.15) is 0 Å². The van der Waals surface area contributed by atoms with E-state index in [-0.39, 0.29) is 25.6 Å². The number of carbonyl (C=O) groups excluding carboxylic acids is 3. The van der Waals surface area contributed by atoms with Crippen LogP contribution in [0.2, 0.25) is 0 Å². The second-order valence-electron chi connectivity index (χ2n) is 9.31. The first-order chi connectivity index (χ1) is 17.2. The number of amides is 2. The van der Waals surface area contributed by atoms with E-state index < -0.39 is 29.7 Å². The van der Waals surface area contributed by atoms with E-state index in [0.29, 0.717) is 12.8 Å². The molecule has 0 unspecified atom stereocenters. The van der Waals surface area contributed by atoms with Gasteiger partial charge in [0.25, 0.3) is 0 Å². The van der Waals surface area contributed by atoms with Crippen LogP contribution in [0.25, 0.3) is 0 Å². The molecule has 3 N–H and O–H groups in total. The third-order valence-corrected chi connectivity index (χ3v) is 4.93. The number of allylic oxidation sites excluding steroid dienone is 1. The number of nitrogens with one attached hydrogen (secondary N) is 2. The molecule has 0 aliphatic carbocycles. The van der Waals surface area contributed by atoms with Gasteiger partial charge in [-0.25, -0.2) is 4.79 Å². The molecule has 2 amide bonds. The Bertz CT molecular complexity index is 986. The molecular formula is C28H36N2O6. The Labute approximate surface area is 212 Å². The number of esters is 1. The Balaban J connectivity index is 1.95. The number of aliphatic hydroxyl groups excluding tert-OH is 1. The topological polar surface area (TPSA) is 114 Å². The number of carbonyl (C=O) groups is 3. The van der Waals surface area contributed by atoms with Crippen molar-refractivity contribution < 1.29 is 29.0 Å². The lowest BCUT2D eigenvalue weighted by Gasteiger charge is -2.23. The molecule has 194 valence electrons. The van der Waals surface area contributed by atoms with Crippen molar-refractivity contribution in [1.29, 1.82) is 0 Å². The third-order valence-electron chi connectivity index (χ3n) is 4.93. The highest BCUT2D eigenvalue weighted by atomic mass is 16.6. The molecule has 0 heterocycles. The van der Waals surface area contributed by atoms with Gasteiger partial charge in [-0.05, 0) is 44.7 Å². The van der Waals surface area contributed by atoms with Crippen LogP contribution in [0.5, 0.6) is 0 Å². The Kier molecular flexibility index (Phi) is 11.7. The van der Waals surface area contributed by atoms with E-state index in [9.17, 15) is 19.5 Å². The molecule has 0 spiro atoms. The lowest BCUT2D eigenvalue weighted by molar-refractivity contribution is -0.144. The zero-order valence-corrected chi connectivity index (χ0v) is 21.1. The van der Waals surface area contributed by atoms with E-state index in [2.05, 4.69) is 10.6 Å². The van der Waals surface area contributed by atoms with Crippen LogP contribution in [0.1, 0.15) is 44.7 Å². The summed E-state index contributed by atoms with van der Waals surface area (Å²) in [5.41, 5.74) is 1.12. The van der Waals surface area contributed by atoms with Gasteiger partial charge in [-0.15, -0.1) is 0 Å². The minimum atomic E-state index is -1.05. The Morgan fingerprint density at radius 3 is 2.14 bits per heavy atom. The van der Waals surface area contributed by atoms with Crippen LogP contribution >= 0.6 is 0 Å². The number of hydrogen-bond donors (Lipinski definition) is 3. The largest absolute Gasteiger partial charge is 0.461 e. The highest BCUT2D eigenvalue weighted by Crippen LogP contribution is 2.08. The highest BCUT2D eigenvalue weighted by molar-refractivity contribution is 5.87. The summed E-state index contributed by atoms with van der Waals surface area (Å²) in [7, 11) is 0. The van der Waals surface area contributed by atoms with Crippen LogP contribution in [-0.2, 0) is 32.1 Å². The molecule has 0 aromatic heterocycles.